The molecular formula is C16H23NO4P2. The van der Waals surface area contributed by atoms with Crippen LogP contribution in [0.4, 0.5) is 0 Å². The molecule has 1 aromatic carbocycles. The molecule has 0 aliphatic heterocycles. The highest BCUT2D eigenvalue weighted by Gasteiger charge is 2.26. The van der Waals surface area contributed by atoms with Crippen LogP contribution in [0.5, 0.6) is 0 Å². The lowest BCUT2D eigenvalue weighted by atomic mass is 10.3. The molecular weight excluding hydrogens is 332 g/mol. The molecule has 2 unspecified atom stereocenters. The Balaban J connectivity index is 2.69. The van der Waals surface area contributed by atoms with Crippen molar-refractivity contribution in [3.8, 4) is 5.69 Å². The van der Waals surface area contributed by atoms with Gasteiger partial charge >= 0.3 is 0 Å². The van der Waals surface area contributed by atoms with Gasteiger partial charge in [-0.3, -0.25) is 9.13 Å². The van der Waals surface area contributed by atoms with E-state index in [1.165, 1.54) is 0 Å². The summed E-state index contributed by atoms with van der Waals surface area (Å²) < 4.78 is 37.8. The Morgan fingerprint density at radius 3 is 1.70 bits per heavy atom. The first kappa shape index (κ1) is 18.2. The van der Waals surface area contributed by atoms with E-state index < -0.39 is 16.1 Å². The fourth-order valence-electron chi connectivity index (χ4n) is 2.71. The summed E-state index contributed by atoms with van der Waals surface area (Å²) in [4.78, 5) is 0. The van der Waals surface area contributed by atoms with Crippen LogP contribution >= 0.6 is 16.1 Å². The van der Waals surface area contributed by atoms with Crippen molar-refractivity contribution in [2.45, 2.75) is 27.7 Å². The first-order valence-corrected chi connectivity index (χ1v) is 10.3. The Kier molecular flexibility index (Phi) is 6.43. The Labute approximate surface area is 138 Å². The van der Waals surface area contributed by atoms with Crippen LogP contribution in [0.3, 0.4) is 0 Å². The molecule has 0 spiro atoms. The van der Waals surface area contributed by atoms with Gasteiger partial charge in [-0.05, 0) is 39.8 Å². The first-order valence-electron chi connectivity index (χ1n) is 7.64. The normalized spacial score (nSPS) is 13.9. The van der Waals surface area contributed by atoms with Gasteiger partial charge in [0.25, 0.3) is 0 Å². The van der Waals surface area contributed by atoms with Gasteiger partial charge in [0.05, 0.1) is 23.8 Å². The molecule has 0 N–H and O–H groups in total. The molecule has 0 amide bonds. The molecule has 0 aliphatic rings. The third kappa shape index (κ3) is 3.70. The summed E-state index contributed by atoms with van der Waals surface area (Å²) in [5, 5.41) is 1.08. The lowest BCUT2D eigenvalue weighted by Gasteiger charge is -2.09. The first-order chi connectivity index (χ1) is 11.0. The zero-order chi connectivity index (χ0) is 17.0. The molecule has 0 saturated carbocycles. The number of para-hydroxylation sites is 1. The van der Waals surface area contributed by atoms with Crippen LogP contribution in [0.1, 0.15) is 25.2 Å². The van der Waals surface area contributed by atoms with Gasteiger partial charge in [-0.2, -0.15) is 0 Å². The highest BCUT2D eigenvalue weighted by atomic mass is 31.1. The second-order valence-electron chi connectivity index (χ2n) is 5.03. The smallest absolute Gasteiger partial charge is 0.223 e. The molecule has 0 radical (unpaired) electrons. The van der Waals surface area contributed by atoms with Crippen LogP contribution in [-0.4, -0.2) is 17.8 Å². The molecule has 0 aliphatic carbocycles. The lowest BCUT2D eigenvalue weighted by Crippen LogP contribution is -2.18. The van der Waals surface area contributed by atoms with E-state index in [2.05, 4.69) is 0 Å². The summed E-state index contributed by atoms with van der Waals surface area (Å²) in [5.74, 6) is 0. The number of rotatable bonds is 7. The summed E-state index contributed by atoms with van der Waals surface area (Å²) >= 11 is 0. The fraction of sp³-hybridized carbons (Fsp3) is 0.375. The Morgan fingerprint density at radius 1 is 0.870 bits per heavy atom. The molecule has 0 fully saturated rings. The second-order valence-corrected chi connectivity index (χ2v) is 7.76. The summed E-state index contributed by atoms with van der Waals surface area (Å²) in [6.07, 6.45) is 0. The van der Waals surface area contributed by atoms with Crippen LogP contribution in [0.25, 0.3) is 5.69 Å². The highest BCUT2D eigenvalue weighted by molar-refractivity contribution is 7.55. The SMILES string of the molecule is CCO[PH](=O)c1c([PH](=O)OCC)c(C)n(-c2ccccc2)c1C. The number of hydrogen-bond acceptors (Lipinski definition) is 4. The van der Waals surface area contributed by atoms with Gasteiger partial charge in [0, 0.05) is 17.1 Å². The summed E-state index contributed by atoms with van der Waals surface area (Å²) in [5.41, 5.74) is 2.52. The van der Waals surface area contributed by atoms with Crippen molar-refractivity contribution in [1.82, 2.24) is 4.57 Å². The lowest BCUT2D eigenvalue weighted by molar-refractivity contribution is 0.354. The minimum atomic E-state index is -2.47. The van der Waals surface area contributed by atoms with Gasteiger partial charge in [-0.25, -0.2) is 0 Å². The third-order valence-electron chi connectivity index (χ3n) is 3.62. The van der Waals surface area contributed by atoms with E-state index in [9.17, 15) is 9.13 Å². The Bertz CT molecular complexity index is 684. The monoisotopic (exact) mass is 355 g/mol. The predicted octanol–water partition coefficient (Wildman–Crippen LogP) is 3.37. The average Bonchev–Trinajstić information content (AvgIpc) is 2.79. The zero-order valence-electron chi connectivity index (χ0n) is 13.9. The minimum Gasteiger partial charge on any atom is -0.328 e. The number of benzene rings is 1. The van der Waals surface area contributed by atoms with Crippen molar-refractivity contribution in [3.05, 3.63) is 41.7 Å². The van der Waals surface area contributed by atoms with E-state index in [0.717, 1.165) is 17.1 Å². The maximum atomic E-state index is 12.6. The van der Waals surface area contributed by atoms with Gasteiger partial charge in [-0.15, -0.1) is 0 Å². The topological polar surface area (TPSA) is 57.5 Å². The molecule has 1 aromatic heterocycles. The minimum absolute atomic E-state index is 0.349. The van der Waals surface area contributed by atoms with Gasteiger partial charge in [0.15, 0.2) is 0 Å². The Morgan fingerprint density at radius 2 is 1.30 bits per heavy atom. The fourth-order valence-corrected chi connectivity index (χ4v) is 5.72. The molecule has 2 rings (SSSR count). The highest BCUT2D eigenvalue weighted by Crippen LogP contribution is 2.33. The second kappa shape index (κ2) is 8.12. The molecule has 2 aromatic rings. The van der Waals surface area contributed by atoms with E-state index >= 15 is 0 Å². The predicted molar refractivity (Wildman–Crippen MR) is 95.8 cm³/mol. The number of nitrogens with zero attached hydrogens (tertiary/aromatic N) is 1. The number of aromatic nitrogens is 1. The van der Waals surface area contributed by atoms with Crippen LogP contribution < -0.4 is 10.6 Å². The van der Waals surface area contributed by atoms with Crippen molar-refractivity contribution in [2.75, 3.05) is 13.2 Å². The molecule has 2 atom stereocenters. The maximum Gasteiger partial charge on any atom is 0.223 e. The van der Waals surface area contributed by atoms with Crippen LogP contribution in [-0.2, 0) is 18.2 Å². The van der Waals surface area contributed by atoms with Crippen molar-refractivity contribution < 1.29 is 18.2 Å². The van der Waals surface area contributed by atoms with Gasteiger partial charge < -0.3 is 13.6 Å². The van der Waals surface area contributed by atoms with Crippen molar-refractivity contribution in [1.29, 1.82) is 0 Å². The summed E-state index contributed by atoms with van der Waals surface area (Å²) in [6, 6.07) is 9.73. The zero-order valence-corrected chi connectivity index (χ0v) is 15.9. The molecule has 23 heavy (non-hydrogen) atoms. The summed E-state index contributed by atoms with van der Waals surface area (Å²) in [7, 11) is -4.95. The van der Waals surface area contributed by atoms with Gasteiger partial charge in [0.2, 0.25) is 16.1 Å². The molecule has 126 valence electrons. The maximum absolute atomic E-state index is 12.6. The number of hydrogen-bond donors (Lipinski definition) is 0. The van der Waals surface area contributed by atoms with Gasteiger partial charge in [-0.1, -0.05) is 18.2 Å². The van der Waals surface area contributed by atoms with E-state index in [-0.39, 0.29) is 0 Å². The van der Waals surface area contributed by atoms with E-state index in [1.54, 1.807) is 13.8 Å². The molecule has 0 bridgehead atoms. The third-order valence-corrected chi connectivity index (χ3v) is 7.01. The van der Waals surface area contributed by atoms with E-state index in [4.69, 9.17) is 9.05 Å². The van der Waals surface area contributed by atoms with Crippen LogP contribution in [0, 0.1) is 13.8 Å². The van der Waals surface area contributed by atoms with Crippen LogP contribution in [0.2, 0.25) is 0 Å². The largest absolute Gasteiger partial charge is 0.328 e. The molecule has 1 heterocycles. The standard InChI is InChI=1S/C16H23NO4P2/c1-5-20-22(18)15-12(3)17(14-10-8-7-9-11-14)13(4)16(15)23(19)21-6-2/h7-11,22-23H,5-6H2,1-4H3. The van der Waals surface area contributed by atoms with Crippen molar-refractivity contribution in [2.24, 2.45) is 0 Å². The van der Waals surface area contributed by atoms with E-state index in [0.29, 0.717) is 23.8 Å². The quantitative estimate of drug-likeness (QED) is 0.715. The molecule has 0 saturated heterocycles. The van der Waals surface area contributed by atoms with Crippen molar-refractivity contribution in [3.63, 3.8) is 0 Å². The summed E-state index contributed by atoms with van der Waals surface area (Å²) in [6.45, 7) is 8.04. The Hall–Kier alpha value is -1.12. The average molecular weight is 355 g/mol. The van der Waals surface area contributed by atoms with E-state index in [1.807, 2.05) is 48.7 Å². The molecule has 5 nitrogen and oxygen atoms in total. The molecule has 7 heteroatoms. The van der Waals surface area contributed by atoms with Crippen LogP contribution in [0.15, 0.2) is 30.3 Å². The van der Waals surface area contributed by atoms with Gasteiger partial charge in [0.1, 0.15) is 0 Å². The van der Waals surface area contributed by atoms with Crippen molar-refractivity contribution >= 4 is 26.7 Å².